The Morgan fingerprint density at radius 3 is 2.69 bits per heavy atom. The van der Waals surface area contributed by atoms with Crippen molar-refractivity contribution in [2.45, 2.75) is 39.0 Å². The van der Waals surface area contributed by atoms with E-state index < -0.39 is 5.69 Å². The third-order valence-corrected chi connectivity index (χ3v) is 7.04. The second kappa shape index (κ2) is 8.98. The van der Waals surface area contributed by atoms with Crippen molar-refractivity contribution in [1.29, 1.82) is 0 Å². The quantitative estimate of drug-likeness (QED) is 0.577. The molecule has 2 atom stereocenters. The molecule has 35 heavy (non-hydrogen) atoms. The number of aromatic nitrogens is 3. The van der Waals surface area contributed by atoms with Gasteiger partial charge in [-0.25, -0.2) is 14.3 Å². The van der Waals surface area contributed by atoms with E-state index >= 15 is 0 Å². The first-order valence-electron chi connectivity index (χ1n) is 12.1. The van der Waals surface area contributed by atoms with Gasteiger partial charge in [0.15, 0.2) is 12.1 Å². The molecule has 3 aromatic rings. The largest absolute Gasteiger partial charge is 0.338 e. The molecule has 9 nitrogen and oxygen atoms in total. The first kappa shape index (κ1) is 23.3. The van der Waals surface area contributed by atoms with Crippen molar-refractivity contribution >= 4 is 22.3 Å². The molecule has 2 aliphatic rings. The zero-order valence-electron chi connectivity index (χ0n) is 20.8. The highest BCUT2D eigenvalue weighted by Gasteiger charge is 2.43. The van der Waals surface area contributed by atoms with E-state index in [0.29, 0.717) is 23.9 Å². The van der Waals surface area contributed by atoms with Gasteiger partial charge in [-0.2, -0.15) is 0 Å². The van der Waals surface area contributed by atoms with Crippen LogP contribution < -0.4 is 26.8 Å². The van der Waals surface area contributed by atoms with Gasteiger partial charge in [0, 0.05) is 51.4 Å². The topological polar surface area (TPSA) is 92.6 Å². The lowest BCUT2D eigenvalue weighted by atomic mass is 10.1. The van der Waals surface area contributed by atoms with Gasteiger partial charge < -0.3 is 15.5 Å². The van der Waals surface area contributed by atoms with E-state index in [-0.39, 0.29) is 17.9 Å². The van der Waals surface area contributed by atoms with Gasteiger partial charge in [-0.1, -0.05) is 35.9 Å². The molecule has 1 fully saturated rings. The number of likely N-dealkylation sites (tertiary alicyclic amines) is 1. The summed E-state index contributed by atoms with van der Waals surface area (Å²) in [5.41, 5.74) is 7.23. The fourth-order valence-electron chi connectivity index (χ4n) is 5.40. The Bertz CT molecular complexity index is 1410. The molecule has 1 unspecified atom stereocenters. The summed E-state index contributed by atoms with van der Waals surface area (Å²) in [5.74, 6) is 0.965. The maximum absolute atomic E-state index is 14.1. The standard InChI is InChI=1S/C26H33N7O2/c1-17(2)12-15-32-21-23(29(3)25(32)31-14-7-9-19(27)16-31)30(4)26(35)33(24(21)34)22-20-10-6-5-8-18(20)11-13-28-22/h5-6,8,10-13,19,25H,7,9,14-16,27H2,1-4H3/t19-,25?/m1/s1. The van der Waals surface area contributed by atoms with Crippen LogP contribution in [0.5, 0.6) is 0 Å². The summed E-state index contributed by atoms with van der Waals surface area (Å²) in [6, 6.07) is 9.63. The van der Waals surface area contributed by atoms with Crippen molar-refractivity contribution in [1.82, 2.24) is 19.0 Å². The average Bonchev–Trinajstić information content (AvgIpc) is 3.14. The van der Waals surface area contributed by atoms with E-state index in [1.807, 2.05) is 56.1 Å². The lowest BCUT2D eigenvalue weighted by Crippen LogP contribution is -2.59. The SMILES string of the molecule is CC(C)=CCN1c2c(n(C)c(=O)n(-c3nccc4ccccc34)c2=O)N(C)C1N1CCC[C@@H](N)C1. The zero-order valence-corrected chi connectivity index (χ0v) is 20.8. The maximum atomic E-state index is 14.1. The molecule has 0 radical (unpaired) electrons. The van der Waals surface area contributed by atoms with Crippen LogP contribution in [0.1, 0.15) is 26.7 Å². The van der Waals surface area contributed by atoms with E-state index in [4.69, 9.17) is 5.73 Å². The van der Waals surface area contributed by atoms with Crippen LogP contribution in [0.15, 0.2) is 57.8 Å². The van der Waals surface area contributed by atoms with Crippen LogP contribution in [0.4, 0.5) is 11.5 Å². The Morgan fingerprint density at radius 1 is 1.17 bits per heavy atom. The molecule has 184 valence electrons. The van der Waals surface area contributed by atoms with Crippen molar-refractivity contribution in [2.75, 3.05) is 36.5 Å². The minimum atomic E-state index is -0.414. The van der Waals surface area contributed by atoms with Gasteiger partial charge in [0.2, 0.25) is 0 Å². The highest BCUT2D eigenvalue weighted by atomic mass is 16.2. The second-order valence-electron chi connectivity index (χ2n) is 9.80. The summed E-state index contributed by atoms with van der Waals surface area (Å²) >= 11 is 0. The van der Waals surface area contributed by atoms with Crippen molar-refractivity contribution in [3.05, 3.63) is 69.0 Å². The van der Waals surface area contributed by atoms with Gasteiger partial charge in [-0.05, 0) is 38.1 Å². The average molecular weight is 476 g/mol. The monoisotopic (exact) mass is 475 g/mol. The highest BCUT2D eigenvalue weighted by molar-refractivity contribution is 5.88. The van der Waals surface area contributed by atoms with Crippen molar-refractivity contribution in [2.24, 2.45) is 12.8 Å². The van der Waals surface area contributed by atoms with E-state index in [1.54, 1.807) is 17.8 Å². The summed E-state index contributed by atoms with van der Waals surface area (Å²) in [6.07, 6.45) is 5.54. The molecule has 5 rings (SSSR count). The third kappa shape index (κ3) is 3.84. The summed E-state index contributed by atoms with van der Waals surface area (Å²) in [5, 5.41) is 1.68. The number of pyridine rings is 1. The number of hydrogen-bond donors (Lipinski definition) is 1. The molecule has 0 aliphatic carbocycles. The molecular weight excluding hydrogens is 442 g/mol. The number of fused-ring (bicyclic) bond motifs is 2. The Hall–Kier alpha value is -3.43. The van der Waals surface area contributed by atoms with Crippen molar-refractivity contribution in [3.8, 4) is 5.82 Å². The Labute approximate surface area is 204 Å². The predicted molar refractivity (Wildman–Crippen MR) is 140 cm³/mol. The number of nitrogens with zero attached hydrogens (tertiary/aromatic N) is 6. The van der Waals surface area contributed by atoms with Crippen LogP contribution in [-0.2, 0) is 7.05 Å². The lowest BCUT2D eigenvalue weighted by Gasteiger charge is -2.42. The van der Waals surface area contributed by atoms with Crippen molar-refractivity contribution < 1.29 is 0 Å². The molecule has 0 saturated carbocycles. The molecule has 0 spiro atoms. The van der Waals surface area contributed by atoms with Crippen LogP contribution in [0.25, 0.3) is 16.6 Å². The van der Waals surface area contributed by atoms with Gasteiger partial charge in [0.05, 0.1) is 0 Å². The number of allylic oxidation sites excluding steroid dienone is 1. The molecule has 9 heteroatoms. The predicted octanol–water partition coefficient (Wildman–Crippen LogP) is 2.01. The minimum Gasteiger partial charge on any atom is -0.327 e. The van der Waals surface area contributed by atoms with Crippen LogP contribution in [0.3, 0.4) is 0 Å². The van der Waals surface area contributed by atoms with Crippen LogP contribution in [0, 0.1) is 0 Å². The lowest BCUT2D eigenvalue weighted by molar-refractivity contribution is 0.149. The first-order chi connectivity index (χ1) is 16.8. The fourth-order valence-corrected chi connectivity index (χ4v) is 5.40. The fraction of sp³-hybridized carbons (Fsp3) is 0.423. The smallest absolute Gasteiger partial charge is 0.327 e. The Morgan fingerprint density at radius 2 is 1.94 bits per heavy atom. The summed E-state index contributed by atoms with van der Waals surface area (Å²) in [7, 11) is 3.67. The highest BCUT2D eigenvalue weighted by Crippen LogP contribution is 2.37. The van der Waals surface area contributed by atoms with Gasteiger partial charge >= 0.3 is 5.69 Å². The van der Waals surface area contributed by atoms with Gasteiger partial charge in [0.25, 0.3) is 5.56 Å². The number of rotatable bonds is 4. The summed E-state index contributed by atoms with van der Waals surface area (Å²) in [6.45, 7) is 6.26. The summed E-state index contributed by atoms with van der Waals surface area (Å²) < 4.78 is 2.79. The number of benzene rings is 1. The van der Waals surface area contributed by atoms with Crippen LogP contribution in [-0.4, -0.2) is 58.0 Å². The van der Waals surface area contributed by atoms with E-state index in [2.05, 4.69) is 20.9 Å². The minimum absolute atomic E-state index is 0.0894. The van der Waals surface area contributed by atoms with E-state index in [0.717, 1.165) is 42.3 Å². The second-order valence-corrected chi connectivity index (χ2v) is 9.80. The molecule has 0 amide bonds. The van der Waals surface area contributed by atoms with E-state index in [9.17, 15) is 9.59 Å². The molecule has 4 heterocycles. The first-order valence-corrected chi connectivity index (χ1v) is 12.1. The Balaban J connectivity index is 1.75. The summed E-state index contributed by atoms with van der Waals surface area (Å²) in [4.78, 5) is 38.7. The van der Waals surface area contributed by atoms with Crippen LogP contribution in [0.2, 0.25) is 0 Å². The number of hydrogen-bond acceptors (Lipinski definition) is 7. The van der Waals surface area contributed by atoms with Gasteiger partial charge in [-0.15, -0.1) is 0 Å². The van der Waals surface area contributed by atoms with E-state index in [1.165, 1.54) is 4.57 Å². The van der Waals surface area contributed by atoms with Crippen LogP contribution >= 0.6 is 0 Å². The normalized spacial score (nSPS) is 20.4. The maximum Gasteiger partial charge on any atom is 0.338 e. The zero-order chi connectivity index (χ0) is 24.9. The van der Waals surface area contributed by atoms with Gasteiger partial charge in [-0.3, -0.25) is 14.3 Å². The molecule has 1 aromatic carbocycles. The molecular formula is C26H33N7O2. The number of piperidine rings is 1. The third-order valence-electron chi connectivity index (χ3n) is 7.04. The van der Waals surface area contributed by atoms with Crippen molar-refractivity contribution in [3.63, 3.8) is 0 Å². The van der Waals surface area contributed by atoms with Gasteiger partial charge in [0.1, 0.15) is 11.5 Å². The molecule has 2 aliphatic heterocycles. The molecule has 1 saturated heterocycles. The Kier molecular flexibility index (Phi) is 5.98. The number of anilines is 2. The molecule has 0 bridgehead atoms. The number of nitrogens with two attached hydrogens (primary N) is 1. The molecule has 2 N–H and O–H groups in total. The molecule has 2 aromatic heterocycles.